The van der Waals surface area contributed by atoms with E-state index in [1.165, 1.54) is 10.9 Å². The lowest BCUT2D eigenvalue weighted by molar-refractivity contribution is 0.0972. The first-order valence-electron chi connectivity index (χ1n) is 9.12. The summed E-state index contributed by atoms with van der Waals surface area (Å²) in [6, 6.07) is 13.8. The van der Waals surface area contributed by atoms with Crippen LogP contribution in [-0.2, 0) is 13.1 Å². The van der Waals surface area contributed by atoms with Crippen LogP contribution in [0.15, 0.2) is 58.1 Å². The molecule has 1 aromatic carbocycles. The molecule has 0 bridgehead atoms. The number of furan rings is 1. The molecule has 0 saturated carbocycles. The summed E-state index contributed by atoms with van der Waals surface area (Å²) in [5, 5.41) is 7.79. The molecular formula is C20H25N5O2. The predicted molar refractivity (Wildman–Crippen MR) is 107 cm³/mol. The Labute approximate surface area is 158 Å². The van der Waals surface area contributed by atoms with Crippen molar-refractivity contribution in [3.63, 3.8) is 0 Å². The summed E-state index contributed by atoms with van der Waals surface area (Å²) in [5.74, 6) is 0.886. The van der Waals surface area contributed by atoms with Gasteiger partial charge < -0.3 is 25.4 Å². The van der Waals surface area contributed by atoms with Crippen molar-refractivity contribution < 1.29 is 9.21 Å². The fraction of sp³-hybridized carbons (Fsp3) is 0.300. The smallest absolute Gasteiger partial charge is 0.284 e. The van der Waals surface area contributed by atoms with E-state index in [1.54, 1.807) is 12.1 Å². The second-order valence-electron chi connectivity index (χ2n) is 6.17. The summed E-state index contributed by atoms with van der Waals surface area (Å²) < 4.78 is 7.61. The van der Waals surface area contributed by atoms with E-state index in [9.17, 15) is 4.79 Å². The monoisotopic (exact) mass is 367 g/mol. The first-order chi connectivity index (χ1) is 13.2. The molecule has 0 spiro atoms. The molecule has 0 atom stereocenters. The van der Waals surface area contributed by atoms with E-state index in [0.29, 0.717) is 18.3 Å². The minimum atomic E-state index is -0.576. The van der Waals surface area contributed by atoms with Crippen LogP contribution < -0.4 is 16.4 Å². The molecule has 0 saturated heterocycles. The molecule has 0 aliphatic heterocycles. The third kappa shape index (κ3) is 4.91. The van der Waals surface area contributed by atoms with Crippen LogP contribution in [0.4, 0.5) is 0 Å². The molecule has 2 heterocycles. The Bertz CT molecular complexity index is 925. The Morgan fingerprint density at radius 2 is 2.04 bits per heavy atom. The number of nitrogens with one attached hydrogen (secondary N) is 2. The zero-order valence-corrected chi connectivity index (χ0v) is 15.4. The Morgan fingerprint density at radius 1 is 1.19 bits per heavy atom. The summed E-state index contributed by atoms with van der Waals surface area (Å²) >= 11 is 0. The van der Waals surface area contributed by atoms with Crippen LogP contribution in [-0.4, -0.2) is 29.5 Å². The molecule has 7 heteroatoms. The number of aliphatic imine (C=N–C) groups is 1. The van der Waals surface area contributed by atoms with Crippen LogP contribution in [0.1, 0.15) is 29.7 Å². The van der Waals surface area contributed by atoms with Crippen molar-refractivity contribution in [1.82, 2.24) is 15.2 Å². The number of aromatic nitrogens is 1. The van der Waals surface area contributed by atoms with Crippen molar-refractivity contribution in [3.05, 3.63) is 60.2 Å². The van der Waals surface area contributed by atoms with Gasteiger partial charge in [-0.2, -0.15) is 0 Å². The van der Waals surface area contributed by atoms with E-state index in [1.807, 2.05) is 6.92 Å². The maximum Gasteiger partial charge on any atom is 0.284 e. The van der Waals surface area contributed by atoms with Gasteiger partial charge in [-0.1, -0.05) is 18.2 Å². The molecule has 1 amide bonds. The topological polar surface area (TPSA) is 97.6 Å². The van der Waals surface area contributed by atoms with Crippen LogP contribution in [0.25, 0.3) is 10.9 Å². The van der Waals surface area contributed by atoms with Crippen molar-refractivity contribution >= 4 is 22.8 Å². The number of aryl methyl sites for hydroxylation is 1. The van der Waals surface area contributed by atoms with Gasteiger partial charge in [0.15, 0.2) is 11.7 Å². The summed E-state index contributed by atoms with van der Waals surface area (Å²) in [6.07, 6.45) is 3.09. The van der Waals surface area contributed by atoms with E-state index in [0.717, 1.165) is 26.1 Å². The van der Waals surface area contributed by atoms with Crippen molar-refractivity contribution in [2.24, 2.45) is 10.7 Å². The molecule has 0 radical (unpaired) electrons. The Morgan fingerprint density at radius 3 is 2.81 bits per heavy atom. The van der Waals surface area contributed by atoms with Gasteiger partial charge in [0.2, 0.25) is 0 Å². The summed E-state index contributed by atoms with van der Waals surface area (Å²) in [6.45, 7) is 4.84. The largest absolute Gasteiger partial charge is 0.454 e. The number of para-hydroxylation sites is 1. The molecule has 27 heavy (non-hydrogen) atoms. The number of guanidine groups is 1. The fourth-order valence-corrected chi connectivity index (χ4v) is 2.89. The van der Waals surface area contributed by atoms with Crippen LogP contribution in [0.3, 0.4) is 0 Å². The number of nitrogens with two attached hydrogens (primary N) is 1. The zero-order chi connectivity index (χ0) is 19.1. The van der Waals surface area contributed by atoms with Gasteiger partial charge in [0, 0.05) is 31.3 Å². The molecule has 0 fully saturated rings. The van der Waals surface area contributed by atoms with Gasteiger partial charge in [-0.05, 0) is 43.0 Å². The summed E-state index contributed by atoms with van der Waals surface area (Å²) in [7, 11) is 0. The molecule has 4 N–H and O–H groups in total. The Kier molecular flexibility index (Phi) is 6.14. The molecule has 3 rings (SSSR count). The van der Waals surface area contributed by atoms with Crippen molar-refractivity contribution in [1.29, 1.82) is 0 Å². The van der Waals surface area contributed by atoms with Crippen molar-refractivity contribution in [2.45, 2.75) is 26.4 Å². The maximum atomic E-state index is 11.1. The van der Waals surface area contributed by atoms with E-state index >= 15 is 0 Å². The van der Waals surface area contributed by atoms with Gasteiger partial charge in [-0.25, -0.2) is 4.99 Å². The predicted octanol–water partition coefficient (Wildman–Crippen LogP) is 2.48. The standard InChI is InChI=1S/C20H25N5O2/c1-2-22-20(24-14-16-8-9-18(27-16)19(21)26)23-11-5-12-25-13-10-15-6-3-4-7-17(15)25/h3-4,6-10,13H,2,5,11-12,14H2,1H3,(H2,21,26)(H2,22,23,24). The molecule has 0 aliphatic carbocycles. The number of amides is 1. The third-order valence-corrected chi connectivity index (χ3v) is 4.19. The van der Waals surface area contributed by atoms with Crippen LogP contribution in [0.2, 0.25) is 0 Å². The molecular weight excluding hydrogens is 342 g/mol. The van der Waals surface area contributed by atoms with E-state index in [-0.39, 0.29) is 5.76 Å². The van der Waals surface area contributed by atoms with Crippen LogP contribution in [0.5, 0.6) is 0 Å². The molecule has 2 aromatic heterocycles. The highest BCUT2D eigenvalue weighted by Gasteiger charge is 2.07. The number of benzene rings is 1. The minimum absolute atomic E-state index is 0.150. The number of primary amides is 1. The SMILES string of the molecule is CCNC(=NCc1ccc(C(N)=O)o1)NCCCn1ccc2ccccc21. The van der Waals surface area contributed by atoms with Crippen LogP contribution in [0, 0.1) is 0 Å². The molecule has 142 valence electrons. The summed E-state index contributed by atoms with van der Waals surface area (Å²) in [5.41, 5.74) is 6.44. The van der Waals surface area contributed by atoms with E-state index in [4.69, 9.17) is 10.2 Å². The average molecular weight is 367 g/mol. The molecule has 0 unspecified atom stereocenters. The second kappa shape index (κ2) is 8.93. The quantitative estimate of drug-likeness (QED) is 0.324. The van der Waals surface area contributed by atoms with Crippen LogP contribution >= 0.6 is 0 Å². The lowest BCUT2D eigenvalue weighted by Crippen LogP contribution is -2.38. The minimum Gasteiger partial charge on any atom is -0.454 e. The van der Waals surface area contributed by atoms with Gasteiger partial charge >= 0.3 is 0 Å². The lowest BCUT2D eigenvalue weighted by atomic mass is 10.2. The summed E-state index contributed by atoms with van der Waals surface area (Å²) in [4.78, 5) is 15.6. The van der Waals surface area contributed by atoms with E-state index in [2.05, 4.69) is 56.7 Å². The highest BCUT2D eigenvalue weighted by molar-refractivity contribution is 5.89. The van der Waals surface area contributed by atoms with Gasteiger partial charge in [0.05, 0.1) is 0 Å². The first-order valence-corrected chi connectivity index (χ1v) is 9.12. The molecule has 3 aromatic rings. The van der Waals surface area contributed by atoms with Gasteiger partial charge in [0.1, 0.15) is 12.3 Å². The number of hydrogen-bond acceptors (Lipinski definition) is 3. The second-order valence-corrected chi connectivity index (χ2v) is 6.17. The lowest BCUT2D eigenvalue weighted by Gasteiger charge is -2.11. The highest BCUT2D eigenvalue weighted by atomic mass is 16.3. The molecule has 7 nitrogen and oxygen atoms in total. The van der Waals surface area contributed by atoms with Gasteiger partial charge in [-0.15, -0.1) is 0 Å². The number of fused-ring (bicyclic) bond motifs is 1. The van der Waals surface area contributed by atoms with E-state index < -0.39 is 5.91 Å². The Balaban J connectivity index is 1.50. The fourth-order valence-electron chi connectivity index (χ4n) is 2.89. The van der Waals surface area contributed by atoms with Crippen molar-refractivity contribution in [2.75, 3.05) is 13.1 Å². The first kappa shape index (κ1) is 18.6. The van der Waals surface area contributed by atoms with Gasteiger partial charge in [-0.3, -0.25) is 4.79 Å². The zero-order valence-electron chi connectivity index (χ0n) is 15.4. The number of carbonyl (C=O) groups excluding carboxylic acids is 1. The average Bonchev–Trinajstić information content (AvgIpc) is 3.30. The normalized spacial score (nSPS) is 11.7. The van der Waals surface area contributed by atoms with Crippen molar-refractivity contribution in [3.8, 4) is 0 Å². The number of nitrogens with zero attached hydrogens (tertiary/aromatic N) is 2. The van der Waals surface area contributed by atoms with Gasteiger partial charge in [0.25, 0.3) is 5.91 Å². The molecule has 0 aliphatic rings. The highest BCUT2D eigenvalue weighted by Crippen LogP contribution is 2.15. The maximum absolute atomic E-state index is 11.1. The third-order valence-electron chi connectivity index (χ3n) is 4.19. The number of rotatable bonds is 8. The Hall–Kier alpha value is -3.22. The number of carbonyl (C=O) groups is 1. The number of hydrogen-bond donors (Lipinski definition) is 3.